The zero-order chi connectivity index (χ0) is 19.1. The van der Waals surface area contributed by atoms with Crippen LogP contribution in [0.4, 0.5) is 5.69 Å². The predicted octanol–water partition coefficient (Wildman–Crippen LogP) is 3.98. The van der Waals surface area contributed by atoms with Crippen LogP contribution in [0.25, 0.3) is 0 Å². The number of carbonyl (C=O) groups is 1. The molecule has 5 heteroatoms. The van der Waals surface area contributed by atoms with Crippen LogP contribution < -0.4 is 14.8 Å². The highest BCUT2D eigenvalue weighted by atomic mass is 16.5. The van der Waals surface area contributed by atoms with E-state index in [1.807, 2.05) is 24.3 Å². The van der Waals surface area contributed by atoms with Gasteiger partial charge in [0.1, 0.15) is 24.2 Å². The minimum atomic E-state index is -0.158. The van der Waals surface area contributed by atoms with Gasteiger partial charge in [0.25, 0.3) is 5.91 Å². The predicted molar refractivity (Wildman–Crippen MR) is 108 cm³/mol. The normalized spacial score (nSPS) is 15.1. The Labute approximate surface area is 160 Å². The van der Waals surface area contributed by atoms with E-state index < -0.39 is 0 Å². The number of nitrogens with one attached hydrogen (secondary N) is 1. The van der Waals surface area contributed by atoms with Crippen LogP contribution in [0.2, 0.25) is 0 Å². The van der Waals surface area contributed by atoms with E-state index in [4.69, 9.17) is 9.47 Å². The van der Waals surface area contributed by atoms with Crippen LogP contribution in [0.5, 0.6) is 11.5 Å². The molecule has 1 heterocycles. The average molecular weight is 366 g/mol. The molecule has 1 fully saturated rings. The number of ether oxygens (including phenoxy) is 2. The van der Waals surface area contributed by atoms with Gasteiger partial charge in [-0.3, -0.25) is 4.79 Å². The Balaban J connectivity index is 1.52. The van der Waals surface area contributed by atoms with Gasteiger partial charge in [-0.15, -0.1) is 0 Å². The van der Waals surface area contributed by atoms with Crippen LogP contribution in [0.3, 0.4) is 0 Å². The van der Waals surface area contributed by atoms with E-state index >= 15 is 0 Å². The molecule has 0 radical (unpaired) electrons. The van der Waals surface area contributed by atoms with Crippen LogP contribution in [-0.2, 0) is 0 Å². The molecule has 1 N–H and O–H groups in total. The molecule has 1 aliphatic rings. The summed E-state index contributed by atoms with van der Waals surface area (Å²) in [7, 11) is 2.13. The second kappa shape index (κ2) is 9.24. The van der Waals surface area contributed by atoms with Crippen molar-refractivity contribution in [1.82, 2.24) is 4.90 Å². The van der Waals surface area contributed by atoms with Crippen molar-refractivity contribution < 1.29 is 14.3 Å². The van der Waals surface area contributed by atoms with Gasteiger partial charge in [-0.2, -0.15) is 0 Å². The summed E-state index contributed by atoms with van der Waals surface area (Å²) >= 11 is 0. The summed E-state index contributed by atoms with van der Waals surface area (Å²) in [5.41, 5.74) is 1.32. The Hall–Kier alpha value is -2.79. The maximum absolute atomic E-state index is 12.4. The highest BCUT2D eigenvalue weighted by molar-refractivity contribution is 6.04. The van der Waals surface area contributed by atoms with Crippen LogP contribution in [0.1, 0.15) is 23.2 Å². The molecule has 0 aliphatic carbocycles. The molecule has 1 aliphatic heterocycles. The monoisotopic (exact) mass is 366 g/mol. The first kappa shape index (κ1) is 19.0. The van der Waals surface area contributed by atoms with Gasteiger partial charge < -0.3 is 19.7 Å². The number of piperidine rings is 1. The van der Waals surface area contributed by atoms with Crippen molar-refractivity contribution in [2.45, 2.75) is 18.9 Å². The first-order chi connectivity index (χ1) is 13.1. The number of hydrogen-bond donors (Lipinski definition) is 1. The van der Waals surface area contributed by atoms with E-state index in [9.17, 15) is 4.79 Å². The number of anilines is 1. The van der Waals surface area contributed by atoms with Gasteiger partial charge in [0.05, 0.1) is 0 Å². The number of amides is 1. The average Bonchev–Trinajstić information content (AvgIpc) is 2.70. The molecular weight excluding hydrogens is 340 g/mol. The van der Waals surface area contributed by atoms with E-state index in [-0.39, 0.29) is 12.0 Å². The first-order valence-electron chi connectivity index (χ1n) is 9.24. The number of likely N-dealkylation sites (tertiary alicyclic amines) is 1. The molecule has 27 heavy (non-hydrogen) atoms. The second-order valence-corrected chi connectivity index (χ2v) is 6.72. The summed E-state index contributed by atoms with van der Waals surface area (Å²) < 4.78 is 11.5. The fraction of sp³-hybridized carbons (Fsp3) is 0.318. The molecule has 0 atom stereocenters. The summed E-state index contributed by atoms with van der Waals surface area (Å²) in [6.07, 6.45) is 4.03. The molecule has 1 amide bonds. The van der Waals surface area contributed by atoms with Crippen molar-refractivity contribution in [3.8, 4) is 11.5 Å². The lowest BCUT2D eigenvalue weighted by atomic mass is 10.1. The molecule has 1 saturated heterocycles. The maximum Gasteiger partial charge on any atom is 0.255 e. The highest BCUT2D eigenvalue weighted by Crippen LogP contribution is 2.21. The number of carbonyl (C=O) groups excluding carboxylic acids is 1. The van der Waals surface area contributed by atoms with Crippen molar-refractivity contribution in [2.24, 2.45) is 0 Å². The SMILES string of the molecule is C=CCOc1ccc(C(=O)Nc2ccc(OC3CCN(C)CC3)cc2)cc1. The molecule has 0 aromatic heterocycles. The summed E-state index contributed by atoms with van der Waals surface area (Å²) in [5.74, 6) is 1.39. The molecule has 5 nitrogen and oxygen atoms in total. The van der Waals surface area contributed by atoms with Gasteiger partial charge in [-0.05, 0) is 68.4 Å². The quantitative estimate of drug-likeness (QED) is 0.753. The highest BCUT2D eigenvalue weighted by Gasteiger charge is 2.17. The molecule has 0 unspecified atom stereocenters. The molecule has 2 aromatic carbocycles. The van der Waals surface area contributed by atoms with Crippen molar-refractivity contribution in [3.05, 3.63) is 66.7 Å². The largest absolute Gasteiger partial charge is 0.490 e. The molecule has 0 bridgehead atoms. The summed E-state index contributed by atoms with van der Waals surface area (Å²) in [5, 5.41) is 2.90. The molecule has 0 saturated carbocycles. The van der Waals surface area contributed by atoms with E-state index in [1.54, 1.807) is 30.3 Å². The number of hydrogen-bond acceptors (Lipinski definition) is 4. The van der Waals surface area contributed by atoms with Gasteiger partial charge in [-0.25, -0.2) is 0 Å². The van der Waals surface area contributed by atoms with Crippen LogP contribution in [-0.4, -0.2) is 43.7 Å². The smallest absolute Gasteiger partial charge is 0.255 e. The second-order valence-electron chi connectivity index (χ2n) is 6.72. The van der Waals surface area contributed by atoms with Crippen molar-refractivity contribution in [2.75, 3.05) is 32.1 Å². The minimum Gasteiger partial charge on any atom is -0.490 e. The topological polar surface area (TPSA) is 50.8 Å². The fourth-order valence-corrected chi connectivity index (χ4v) is 2.97. The van der Waals surface area contributed by atoms with Crippen LogP contribution in [0.15, 0.2) is 61.2 Å². The Morgan fingerprint density at radius 2 is 1.74 bits per heavy atom. The summed E-state index contributed by atoms with van der Waals surface area (Å²) in [6, 6.07) is 14.6. The van der Waals surface area contributed by atoms with E-state index in [0.29, 0.717) is 17.9 Å². The van der Waals surface area contributed by atoms with Gasteiger partial charge in [0, 0.05) is 24.3 Å². The number of rotatable bonds is 7. The molecule has 2 aromatic rings. The Kier molecular flexibility index (Phi) is 6.49. The van der Waals surface area contributed by atoms with Gasteiger partial charge in [0.15, 0.2) is 0 Å². The fourth-order valence-electron chi connectivity index (χ4n) is 2.97. The summed E-state index contributed by atoms with van der Waals surface area (Å²) in [4.78, 5) is 14.7. The third-order valence-electron chi connectivity index (χ3n) is 4.56. The van der Waals surface area contributed by atoms with Crippen molar-refractivity contribution in [3.63, 3.8) is 0 Å². The first-order valence-corrected chi connectivity index (χ1v) is 9.24. The standard InChI is InChI=1S/C22H26N2O3/c1-3-16-26-19-8-4-17(5-9-19)22(25)23-18-6-10-20(11-7-18)27-21-12-14-24(2)15-13-21/h3-11,21H,1,12-16H2,2H3,(H,23,25). The van der Waals surface area contributed by atoms with Gasteiger partial charge >= 0.3 is 0 Å². The van der Waals surface area contributed by atoms with E-state index in [1.165, 1.54) is 0 Å². The lowest BCUT2D eigenvalue weighted by Crippen LogP contribution is -2.35. The Morgan fingerprint density at radius 3 is 2.37 bits per heavy atom. The third kappa shape index (κ3) is 5.59. The van der Waals surface area contributed by atoms with Crippen LogP contribution >= 0.6 is 0 Å². The lowest BCUT2D eigenvalue weighted by Gasteiger charge is -2.29. The summed E-state index contributed by atoms with van der Waals surface area (Å²) in [6.45, 7) is 6.18. The molecular formula is C22H26N2O3. The Bertz CT molecular complexity index is 748. The lowest BCUT2D eigenvalue weighted by molar-refractivity contribution is 0.102. The van der Waals surface area contributed by atoms with Gasteiger partial charge in [0.2, 0.25) is 0 Å². The zero-order valence-electron chi connectivity index (χ0n) is 15.7. The van der Waals surface area contributed by atoms with Gasteiger partial charge in [-0.1, -0.05) is 12.7 Å². The van der Waals surface area contributed by atoms with Crippen LogP contribution in [0, 0.1) is 0 Å². The van der Waals surface area contributed by atoms with E-state index in [2.05, 4.69) is 23.8 Å². The third-order valence-corrected chi connectivity index (χ3v) is 4.56. The Morgan fingerprint density at radius 1 is 1.11 bits per heavy atom. The molecule has 3 rings (SSSR count). The number of benzene rings is 2. The van der Waals surface area contributed by atoms with Crippen molar-refractivity contribution in [1.29, 1.82) is 0 Å². The molecule has 142 valence electrons. The zero-order valence-corrected chi connectivity index (χ0v) is 15.7. The minimum absolute atomic E-state index is 0.158. The maximum atomic E-state index is 12.4. The van der Waals surface area contributed by atoms with Crippen molar-refractivity contribution >= 4 is 11.6 Å². The molecule has 0 spiro atoms. The van der Waals surface area contributed by atoms with E-state index in [0.717, 1.165) is 37.4 Å². The number of nitrogens with zero attached hydrogens (tertiary/aromatic N) is 1.